The van der Waals surface area contributed by atoms with E-state index in [9.17, 15) is 0 Å². The normalized spacial score (nSPS) is 10.5. The largest absolute Gasteiger partial charge is 0.259 e. The van der Waals surface area contributed by atoms with Gasteiger partial charge in [0, 0.05) is 11.9 Å². The van der Waals surface area contributed by atoms with Gasteiger partial charge in [0.15, 0.2) is 0 Å². The van der Waals surface area contributed by atoms with E-state index in [1.165, 1.54) is 0 Å². The van der Waals surface area contributed by atoms with E-state index in [4.69, 9.17) is 0 Å². The van der Waals surface area contributed by atoms with E-state index in [1.807, 2.05) is 19.9 Å². The molecule has 3 heteroatoms. The smallest absolute Gasteiger partial charge is 0.107 e. The van der Waals surface area contributed by atoms with Crippen LogP contribution in [0, 0.1) is 13.8 Å². The molecule has 3 nitrogen and oxygen atoms in total. The van der Waals surface area contributed by atoms with Crippen LogP contribution in [0.25, 0.3) is 11.0 Å². The van der Waals surface area contributed by atoms with Gasteiger partial charge in [-0.1, -0.05) is 0 Å². The predicted molar refractivity (Wildman–Crippen MR) is 46.8 cm³/mol. The second-order valence-corrected chi connectivity index (χ2v) is 2.83. The summed E-state index contributed by atoms with van der Waals surface area (Å²) >= 11 is 0. The molecule has 0 saturated carbocycles. The number of aromatic nitrogens is 3. The van der Waals surface area contributed by atoms with Gasteiger partial charge in [-0.2, -0.15) is 0 Å². The highest BCUT2D eigenvalue weighted by Gasteiger charge is 1.96. The van der Waals surface area contributed by atoms with Crippen molar-refractivity contribution in [1.29, 1.82) is 0 Å². The average molecular weight is 159 g/mol. The summed E-state index contributed by atoms with van der Waals surface area (Å²) in [5.41, 5.74) is 3.68. The lowest BCUT2D eigenvalue weighted by Crippen LogP contribution is -1.89. The average Bonchev–Trinajstić information content (AvgIpc) is 2.03. The quantitative estimate of drug-likeness (QED) is 0.586. The predicted octanol–water partition coefficient (Wildman–Crippen LogP) is 1.64. The van der Waals surface area contributed by atoms with E-state index >= 15 is 0 Å². The molecule has 0 atom stereocenters. The second kappa shape index (κ2) is 2.52. The van der Waals surface area contributed by atoms with Gasteiger partial charge in [0.05, 0.1) is 17.4 Å². The van der Waals surface area contributed by atoms with E-state index in [2.05, 4.69) is 15.0 Å². The Kier molecular flexibility index (Phi) is 1.50. The Morgan fingerprint density at radius 3 is 2.58 bits per heavy atom. The van der Waals surface area contributed by atoms with Gasteiger partial charge in [-0.25, -0.2) is 4.98 Å². The van der Waals surface area contributed by atoms with Crippen LogP contribution in [-0.2, 0) is 0 Å². The van der Waals surface area contributed by atoms with Crippen LogP contribution in [0.15, 0.2) is 18.5 Å². The van der Waals surface area contributed by atoms with Crippen LogP contribution in [0.3, 0.4) is 0 Å². The van der Waals surface area contributed by atoms with Crippen molar-refractivity contribution in [1.82, 2.24) is 15.0 Å². The fraction of sp³-hybridized carbons (Fsp3) is 0.222. The first-order valence-electron chi connectivity index (χ1n) is 3.82. The van der Waals surface area contributed by atoms with Crippen molar-refractivity contribution in [2.24, 2.45) is 0 Å². The number of fused-ring (bicyclic) bond motifs is 1. The molecule has 0 saturated heterocycles. The lowest BCUT2D eigenvalue weighted by molar-refractivity contribution is 1.14. The molecule has 2 heterocycles. The summed E-state index contributed by atoms with van der Waals surface area (Å²) in [6.45, 7) is 3.88. The lowest BCUT2D eigenvalue weighted by Gasteiger charge is -1.97. The molecule has 2 aromatic heterocycles. The molecule has 0 aliphatic carbocycles. The molecule has 0 fully saturated rings. The monoisotopic (exact) mass is 159 g/mol. The highest BCUT2D eigenvalue weighted by atomic mass is 14.8. The van der Waals surface area contributed by atoms with Gasteiger partial charge in [-0.05, 0) is 19.9 Å². The van der Waals surface area contributed by atoms with E-state index in [0.717, 1.165) is 22.4 Å². The summed E-state index contributed by atoms with van der Waals surface area (Å²) in [4.78, 5) is 12.7. The van der Waals surface area contributed by atoms with Crippen molar-refractivity contribution in [2.45, 2.75) is 13.8 Å². The van der Waals surface area contributed by atoms with Crippen LogP contribution < -0.4 is 0 Å². The Morgan fingerprint density at radius 1 is 0.917 bits per heavy atom. The highest BCUT2D eigenvalue weighted by molar-refractivity contribution is 5.73. The zero-order chi connectivity index (χ0) is 8.55. The molecule has 2 rings (SSSR count). The van der Waals surface area contributed by atoms with E-state index in [0.29, 0.717) is 0 Å². The maximum absolute atomic E-state index is 4.33. The van der Waals surface area contributed by atoms with Gasteiger partial charge in [-0.3, -0.25) is 9.97 Å². The summed E-state index contributed by atoms with van der Waals surface area (Å²) in [7, 11) is 0. The van der Waals surface area contributed by atoms with Crippen LogP contribution in [0.5, 0.6) is 0 Å². The van der Waals surface area contributed by atoms with Gasteiger partial charge < -0.3 is 0 Å². The minimum absolute atomic E-state index is 0.853. The standard InChI is InChI=1S/C9H9N3/c1-6-3-8-9(5-10-6)11-4-7(2)12-8/h3-5H,1-2H3. The van der Waals surface area contributed by atoms with Crippen LogP contribution in [0.1, 0.15) is 11.4 Å². The van der Waals surface area contributed by atoms with Gasteiger partial charge in [0.1, 0.15) is 5.52 Å². The van der Waals surface area contributed by atoms with Crippen LogP contribution in [0.2, 0.25) is 0 Å². The summed E-state index contributed by atoms with van der Waals surface area (Å²) in [6.07, 6.45) is 3.50. The number of hydrogen-bond donors (Lipinski definition) is 0. The van der Waals surface area contributed by atoms with Crippen LogP contribution in [0.4, 0.5) is 0 Å². The molecule has 60 valence electrons. The van der Waals surface area contributed by atoms with Crippen LogP contribution in [-0.4, -0.2) is 15.0 Å². The molecule has 2 aromatic rings. The van der Waals surface area contributed by atoms with Crippen molar-refractivity contribution in [3.05, 3.63) is 29.8 Å². The fourth-order valence-corrected chi connectivity index (χ4v) is 1.11. The molecule has 0 bridgehead atoms. The maximum Gasteiger partial charge on any atom is 0.107 e. The molecule has 12 heavy (non-hydrogen) atoms. The van der Waals surface area contributed by atoms with Crippen LogP contribution >= 0.6 is 0 Å². The molecule has 0 amide bonds. The number of hydrogen-bond acceptors (Lipinski definition) is 3. The van der Waals surface area contributed by atoms with E-state index < -0.39 is 0 Å². The fourth-order valence-electron chi connectivity index (χ4n) is 1.11. The van der Waals surface area contributed by atoms with Crippen molar-refractivity contribution in [3.8, 4) is 0 Å². The first kappa shape index (κ1) is 7.16. The van der Waals surface area contributed by atoms with E-state index in [1.54, 1.807) is 12.4 Å². The third-order valence-electron chi connectivity index (χ3n) is 1.69. The molecule has 0 N–H and O–H groups in total. The zero-order valence-corrected chi connectivity index (χ0v) is 7.07. The molecular formula is C9H9N3. The number of pyridine rings is 1. The minimum Gasteiger partial charge on any atom is -0.259 e. The maximum atomic E-state index is 4.33. The molecule has 0 unspecified atom stereocenters. The first-order chi connectivity index (χ1) is 5.75. The SMILES string of the molecule is Cc1cc2nc(C)cnc2cn1. The van der Waals surface area contributed by atoms with Crippen molar-refractivity contribution in [3.63, 3.8) is 0 Å². The topological polar surface area (TPSA) is 38.7 Å². The molecular weight excluding hydrogens is 150 g/mol. The Balaban J connectivity index is 2.80. The summed E-state index contributed by atoms with van der Waals surface area (Å²) in [5, 5.41) is 0. The van der Waals surface area contributed by atoms with E-state index in [-0.39, 0.29) is 0 Å². The molecule has 0 radical (unpaired) electrons. The van der Waals surface area contributed by atoms with Gasteiger partial charge in [0.25, 0.3) is 0 Å². The Labute approximate surface area is 70.5 Å². The first-order valence-corrected chi connectivity index (χ1v) is 3.82. The van der Waals surface area contributed by atoms with Gasteiger partial charge in [-0.15, -0.1) is 0 Å². The molecule has 0 aliphatic heterocycles. The molecule has 0 aliphatic rings. The minimum atomic E-state index is 0.853. The number of rotatable bonds is 0. The van der Waals surface area contributed by atoms with Crippen molar-refractivity contribution < 1.29 is 0 Å². The lowest BCUT2D eigenvalue weighted by atomic mass is 10.3. The Morgan fingerprint density at radius 2 is 1.75 bits per heavy atom. The molecule has 0 aromatic carbocycles. The summed E-state index contributed by atoms with van der Waals surface area (Å²) in [6, 6.07) is 1.94. The number of aryl methyl sites for hydroxylation is 2. The molecule has 0 spiro atoms. The third-order valence-corrected chi connectivity index (χ3v) is 1.69. The highest BCUT2D eigenvalue weighted by Crippen LogP contribution is 2.08. The summed E-state index contributed by atoms with van der Waals surface area (Å²) < 4.78 is 0. The van der Waals surface area contributed by atoms with Gasteiger partial charge >= 0.3 is 0 Å². The zero-order valence-electron chi connectivity index (χ0n) is 7.07. The number of nitrogens with zero attached hydrogens (tertiary/aromatic N) is 3. The van der Waals surface area contributed by atoms with Gasteiger partial charge in [0.2, 0.25) is 0 Å². The third kappa shape index (κ3) is 1.13. The Bertz CT molecular complexity index is 386. The second-order valence-electron chi connectivity index (χ2n) is 2.83. The van der Waals surface area contributed by atoms with Crippen molar-refractivity contribution >= 4 is 11.0 Å². The van der Waals surface area contributed by atoms with Crippen molar-refractivity contribution in [2.75, 3.05) is 0 Å². The Hall–Kier alpha value is -1.51. The summed E-state index contributed by atoms with van der Waals surface area (Å²) in [5.74, 6) is 0.